The summed E-state index contributed by atoms with van der Waals surface area (Å²) >= 11 is 7.43. The van der Waals surface area contributed by atoms with Crippen molar-refractivity contribution >= 4 is 40.6 Å². The Morgan fingerprint density at radius 2 is 2.05 bits per heavy atom. The van der Waals surface area contributed by atoms with E-state index in [0.717, 1.165) is 21.7 Å². The number of carbonyl (C=O) groups excluding carboxylic acids is 1. The highest BCUT2D eigenvalue weighted by atomic mass is 35.5. The topological polar surface area (TPSA) is 55.1 Å². The van der Waals surface area contributed by atoms with Crippen LogP contribution in [0, 0.1) is 13.8 Å². The molecule has 0 bridgehead atoms. The van der Waals surface area contributed by atoms with Crippen LogP contribution < -0.4 is 11.1 Å². The van der Waals surface area contributed by atoms with E-state index < -0.39 is 0 Å². The summed E-state index contributed by atoms with van der Waals surface area (Å²) in [7, 11) is 0. The number of aryl methyl sites for hydroxylation is 2. The second-order valence-corrected chi connectivity index (χ2v) is 6.21. The van der Waals surface area contributed by atoms with E-state index in [9.17, 15) is 4.79 Å². The Morgan fingerprint density at radius 1 is 1.29 bits per heavy atom. The Labute approximate surface area is 133 Å². The van der Waals surface area contributed by atoms with Crippen molar-refractivity contribution in [2.75, 3.05) is 16.8 Å². The van der Waals surface area contributed by atoms with Crippen LogP contribution in [0.1, 0.15) is 11.1 Å². The largest absolute Gasteiger partial charge is 0.398 e. The van der Waals surface area contributed by atoms with Crippen molar-refractivity contribution in [3.63, 3.8) is 0 Å². The van der Waals surface area contributed by atoms with Gasteiger partial charge in [0.15, 0.2) is 0 Å². The second kappa shape index (κ2) is 6.87. The standard InChI is InChI=1S/C16H17ClN2OS/c1-10-6-7-11(2)14(8-10)19-15(20)9-21-16-12(17)4-3-5-13(16)18/h3-8H,9,18H2,1-2H3,(H,19,20). The molecule has 3 N–H and O–H groups in total. The maximum absolute atomic E-state index is 12.1. The zero-order chi connectivity index (χ0) is 15.4. The lowest BCUT2D eigenvalue weighted by molar-refractivity contribution is -0.113. The van der Waals surface area contributed by atoms with E-state index >= 15 is 0 Å². The van der Waals surface area contributed by atoms with Crippen molar-refractivity contribution in [2.45, 2.75) is 18.7 Å². The third-order valence-electron chi connectivity index (χ3n) is 3.01. The van der Waals surface area contributed by atoms with Gasteiger partial charge in [-0.2, -0.15) is 0 Å². The highest BCUT2D eigenvalue weighted by Crippen LogP contribution is 2.32. The second-order valence-electron chi connectivity index (χ2n) is 4.81. The van der Waals surface area contributed by atoms with E-state index in [4.69, 9.17) is 17.3 Å². The molecule has 0 spiro atoms. The van der Waals surface area contributed by atoms with E-state index in [0.29, 0.717) is 10.7 Å². The van der Waals surface area contributed by atoms with Gasteiger partial charge in [-0.15, -0.1) is 11.8 Å². The molecule has 0 atom stereocenters. The van der Waals surface area contributed by atoms with Crippen molar-refractivity contribution in [1.29, 1.82) is 0 Å². The molecule has 0 saturated carbocycles. The minimum atomic E-state index is -0.0759. The molecule has 0 aliphatic carbocycles. The van der Waals surface area contributed by atoms with Crippen LogP contribution in [-0.2, 0) is 4.79 Å². The molecule has 2 aromatic carbocycles. The number of halogens is 1. The first-order valence-corrected chi connectivity index (χ1v) is 7.87. The molecule has 2 aromatic rings. The van der Waals surface area contributed by atoms with Gasteiger partial charge in [0.05, 0.1) is 10.8 Å². The summed E-state index contributed by atoms with van der Waals surface area (Å²) in [5.74, 6) is 0.189. The number of carbonyl (C=O) groups is 1. The van der Waals surface area contributed by atoms with Crippen LogP contribution in [-0.4, -0.2) is 11.7 Å². The Bertz CT molecular complexity index is 653. The Kier molecular flexibility index (Phi) is 5.15. The molecule has 0 unspecified atom stereocenters. The van der Waals surface area contributed by atoms with Gasteiger partial charge >= 0.3 is 0 Å². The monoisotopic (exact) mass is 320 g/mol. The number of thioether (sulfide) groups is 1. The SMILES string of the molecule is Cc1ccc(C)c(NC(=O)CSc2c(N)cccc2Cl)c1. The van der Waals surface area contributed by atoms with E-state index in [1.54, 1.807) is 18.2 Å². The Hall–Kier alpha value is -1.65. The maximum atomic E-state index is 12.1. The fourth-order valence-electron chi connectivity index (χ4n) is 1.87. The molecule has 0 radical (unpaired) electrons. The van der Waals surface area contributed by atoms with Gasteiger partial charge in [-0.25, -0.2) is 0 Å². The van der Waals surface area contributed by atoms with Gasteiger partial charge in [-0.05, 0) is 43.2 Å². The van der Waals surface area contributed by atoms with Crippen LogP contribution in [0.3, 0.4) is 0 Å². The first kappa shape index (κ1) is 15.7. The first-order chi connectivity index (χ1) is 9.97. The third-order valence-corrected chi connectivity index (χ3v) is 4.59. The molecule has 5 heteroatoms. The Morgan fingerprint density at radius 3 is 2.76 bits per heavy atom. The predicted octanol–water partition coefficient (Wildman–Crippen LogP) is 4.27. The van der Waals surface area contributed by atoms with Gasteiger partial charge in [0.1, 0.15) is 0 Å². The van der Waals surface area contributed by atoms with Gasteiger partial charge in [-0.3, -0.25) is 4.79 Å². The Balaban J connectivity index is 2.01. The molecule has 21 heavy (non-hydrogen) atoms. The number of hydrogen-bond donors (Lipinski definition) is 2. The molecular formula is C16H17ClN2OS. The number of amides is 1. The number of benzene rings is 2. The zero-order valence-corrected chi connectivity index (χ0v) is 13.5. The number of hydrogen-bond acceptors (Lipinski definition) is 3. The van der Waals surface area contributed by atoms with Crippen LogP contribution in [0.25, 0.3) is 0 Å². The van der Waals surface area contributed by atoms with E-state index in [1.165, 1.54) is 11.8 Å². The maximum Gasteiger partial charge on any atom is 0.234 e. The first-order valence-electron chi connectivity index (χ1n) is 6.51. The number of nitrogens with one attached hydrogen (secondary N) is 1. The van der Waals surface area contributed by atoms with E-state index in [1.807, 2.05) is 32.0 Å². The van der Waals surface area contributed by atoms with Crippen molar-refractivity contribution in [1.82, 2.24) is 0 Å². The van der Waals surface area contributed by atoms with Gasteiger partial charge in [0.25, 0.3) is 0 Å². The number of anilines is 2. The smallest absolute Gasteiger partial charge is 0.234 e. The normalized spacial score (nSPS) is 10.4. The van der Waals surface area contributed by atoms with E-state index in [-0.39, 0.29) is 11.7 Å². The molecule has 0 aliphatic rings. The van der Waals surface area contributed by atoms with Crippen LogP contribution in [0.5, 0.6) is 0 Å². The molecular weight excluding hydrogens is 304 g/mol. The predicted molar refractivity (Wildman–Crippen MR) is 91.1 cm³/mol. The van der Waals surface area contributed by atoms with Crippen LogP contribution in [0.15, 0.2) is 41.3 Å². The highest BCUT2D eigenvalue weighted by molar-refractivity contribution is 8.00. The van der Waals surface area contributed by atoms with Crippen molar-refractivity contribution in [2.24, 2.45) is 0 Å². The van der Waals surface area contributed by atoms with Gasteiger partial charge in [-0.1, -0.05) is 29.8 Å². The van der Waals surface area contributed by atoms with Crippen molar-refractivity contribution in [3.8, 4) is 0 Å². The van der Waals surface area contributed by atoms with Crippen LogP contribution >= 0.6 is 23.4 Å². The fourth-order valence-corrected chi connectivity index (χ4v) is 3.01. The molecule has 2 rings (SSSR count). The van der Waals surface area contributed by atoms with Crippen molar-refractivity contribution < 1.29 is 4.79 Å². The lowest BCUT2D eigenvalue weighted by atomic mass is 10.1. The summed E-state index contributed by atoms with van der Waals surface area (Å²) in [4.78, 5) is 12.8. The van der Waals surface area contributed by atoms with Crippen LogP contribution in [0.2, 0.25) is 5.02 Å². The highest BCUT2D eigenvalue weighted by Gasteiger charge is 2.10. The summed E-state index contributed by atoms with van der Waals surface area (Å²) in [5.41, 5.74) is 9.45. The van der Waals surface area contributed by atoms with E-state index in [2.05, 4.69) is 5.32 Å². The molecule has 0 fully saturated rings. The summed E-state index contributed by atoms with van der Waals surface area (Å²) < 4.78 is 0. The van der Waals surface area contributed by atoms with Gasteiger partial charge in [0.2, 0.25) is 5.91 Å². The molecule has 110 valence electrons. The zero-order valence-electron chi connectivity index (χ0n) is 11.9. The minimum absolute atomic E-state index is 0.0759. The summed E-state index contributed by atoms with van der Waals surface area (Å²) in [6.07, 6.45) is 0. The number of rotatable bonds is 4. The third kappa shape index (κ3) is 4.16. The summed E-state index contributed by atoms with van der Waals surface area (Å²) in [6, 6.07) is 11.3. The lowest BCUT2D eigenvalue weighted by Crippen LogP contribution is -2.15. The van der Waals surface area contributed by atoms with Crippen LogP contribution in [0.4, 0.5) is 11.4 Å². The van der Waals surface area contributed by atoms with Gasteiger partial charge in [0, 0.05) is 16.3 Å². The minimum Gasteiger partial charge on any atom is -0.398 e. The molecule has 0 aromatic heterocycles. The summed E-state index contributed by atoms with van der Waals surface area (Å²) in [5, 5.41) is 3.49. The lowest BCUT2D eigenvalue weighted by Gasteiger charge is -2.10. The average molecular weight is 321 g/mol. The molecule has 0 aliphatic heterocycles. The average Bonchev–Trinajstić information content (AvgIpc) is 2.42. The number of nitrogens with two attached hydrogens (primary N) is 1. The molecule has 0 heterocycles. The molecule has 3 nitrogen and oxygen atoms in total. The fraction of sp³-hybridized carbons (Fsp3) is 0.188. The number of nitrogen functional groups attached to an aromatic ring is 1. The van der Waals surface area contributed by atoms with Crippen molar-refractivity contribution in [3.05, 3.63) is 52.5 Å². The van der Waals surface area contributed by atoms with Gasteiger partial charge < -0.3 is 11.1 Å². The molecule has 0 saturated heterocycles. The quantitative estimate of drug-likeness (QED) is 0.653. The summed E-state index contributed by atoms with van der Waals surface area (Å²) in [6.45, 7) is 3.96. The molecule has 1 amide bonds.